The molecule has 68 heavy (non-hydrogen) atoms. The van der Waals surface area contributed by atoms with Crippen molar-refractivity contribution in [3.63, 3.8) is 0 Å². The van der Waals surface area contributed by atoms with Crippen LogP contribution in [-0.2, 0) is 0 Å². The molecule has 9 rings (SSSR count). The highest BCUT2D eigenvalue weighted by Gasteiger charge is 2.26. The molecule has 0 bridgehead atoms. The van der Waals surface area contributed by atoms with Crippen molar-refractivity contribution in [2.24, 2.45) is 0 Å². The van der Waals surface area contributed by atoms with E-state index in [0.29, 0.717) is 28.8 Å². The Labute approximate surface area is 403 Å². The molecule has 0 spiro atoms. The summed E-state index contributed by atoms with van der Waals surface area (Å²) in [6.45, 7) is 16.9. The minimum atomic E-state index is 0.166. The molecule has 0 aromatic heterocycles. The van der Waals surface area contributed by atoms with Crippen LogP contribution >= 0.6 is 0 Å². The lowest BCUT2D eigenvalue weighted by Crippen LogP contribution is -2.19. The van der Waals surface area contributed by atoms with Gasteiger partial charge in [-0.05, 0) is 182 Å². The van der Waals surface area contributed by atoms with E-state index in [1.54, 1.807) is 0 Å². The van der Waals surface area contributed by atoms with Crippen LogP contribution < -0.4 is 9.80 Å². The van der Waals surface area contributed by atoms with Crippen molar-refractivity contribution in [3.8, 4) is 33.8 Å². The second-order valence-electron chi connectivity index (χ2n) is 18.2. The van der Waals surface area contributed by atoms with Gasteiger partial charge in [-0.2, -0.15) is 0 Å². The number of allylic oxidation sites excluding steroid dienone is 10. The number of anilines is 4. The monoisotopic (exact) mass is 888 g/mol. The zero-order valence-corrected chi connectivity index (χ0v) is 40.5. The summed E-state index contributed by atoms with van der Waals surface area (Å²) in [6, 6.07) is 47.2. The first-order valence-electron chi connectivity index (χ1n) is 23.7. The zero-order chi connectivity index (χ0) is 47.6. The fraction of sp³-hybridized carbons (Fsp3) is 0.156. The van der Waals surface area contributed by atoms with Gasteiger partial charge in [0, 0.05) is 34.8 Å². The minimum absolute atomic E-state index is 0.166. The van der Waals surface area contributed by atoms with Gasteiger partial charge in [-0.1, -0.05) is 146 Å². The molecule has 7 aromatic carbocycles. The molecular formula is C64H60N2O2. The van der Waals surface area contributed by atoms with Crippen LogP contribution in [0.25, 0.3) is 33.4 Å². The normalized spacial score (nSPS) is 13.5. The first-order chi connectivity index (χ1) is 32.9. The first-order valence-corrected chi connectivity index (χ1v) is 23.7. The number of phenols is 2. The Morgan fingerprint density at radius 3 is 1.40 bits per heavy atom. The van der Waals surface area contributed by atoms with Gasteiger partial charge in [0.25, 0.3) is 0 Å². The molecule has 4 nitrogen and oxygen atoms in total. The van der Waals surface area contributed by atoms with Gasteiger partial charge in [-0.15, -0.1) is 0 Å². The summed E-state index contributed by atoms with van der Waals surface area (Å²) in [6.07, 6.45) is 19.3. The zero-order valence-electron chi connectivity index (χ0n) is 40.5. The number of nitrogens with zero attached hydrogens (tertiary/aromatic N) is 2. The lowest BCUT2D eigenvalue weighted by Gasteiger charge is -2.32. The first kappa shape index (κ1) is 45.3. The summed E-state index contributed by atoms with van der Waals surface area (Å²) in [5.41, 5.74) is 23.8. The van der Waals surface area contributed by atoms with Gasteiger partial charge in [-0.25, -0.2) is 0 Å². The predicted molar refractivity (Wildman–Crippen MR) is 288 cm³/mol. The predicted octanol–water partition coefficient (Wildman–Crippen LogP) is 17.0. The highest BCUT2D eigenvalue weighted by atomic mass is 16.3. The molecule has 0 aliphatic heterocycles. The summed E-state index contributed by atoms with van der Waals surface area (Å²) in [4.78, 5) is 4.55. The lowest BCUT2D eigenvalue weighted by molar-refractivity contribution is 0.450. The third kappa shape index (κ3) is 8.66. The number of aromatic hydroxyl groups is 2. The van der Waals surface area contributed by atoms with Gasteiger partial charge in [-0.3, -0.25) is 0 Å². The molecular weight excluding hydrogens is 829 g/mol. The molecule has 2 N–H and O–H groups in total. The number of benzene rings is 7. The molecule has 0 saturated heterocycles. The average Bonchev–Trinajstić information content (AvgIpc) is 3.79. The fourth-order valence-electron chi connectivity index (χ4n) is 9.73. The third-order valence-electron chi connectivity index (χ3n) is 14.4. The van der Waals surface area contributed by atoms with Crippen molar-refractivity contribution < 1.29 is 10.2 Å². The van der Waals surface area contributed by atoms with Crippen LogP contribution in [0.15, 0.2) is 193 Å². The van der Waals surface area contributed by atoms with Crippen LogP contribution in [0, 0.1) is 55.4 Å². The third-order valence-corrected chi connectivity index (χ3v) is 14.4. The average molecular weight is 889 g/mol. The van der Waals surface area contributed by atoms with Crippen LogP contribution in [0.2, 0.25) is 0 Å². The SMILES string of the molecule is Cc1c(C)c(C)c(N(C2=CCC=C(c3ccc(C4=CC=C(N(c5ccc(-c6ccccc6)cc5)c5c(C)c(O)c(C)c(C)c5O)CC=C4)cc3)C=C2)c2ccc(-c3ccccc3)cc2)c(C)c1C. The molecule has 0 atom stereocenters. The van der Waals surface area contributed by atoms with Crippen LogP contribution in [-0.4, -0.2) is 10.2 Å². The summed E-state index contributed by atoms with van der Waals surface area (Å²) in [5, 5.41) is 23.0. The molecule has 2 aliphatic rings. The number of rotatable bonds is 10. The Kier molecular flexibility index (Phi) is 12.8. The molecule has 0 amide bonds. The Morgan fingerprint density at radius 1 is 0.368 bits per heavy atom. The number of hydrogen-bond donors (Lipinski definition) is 2. The van der Waals surface area contributed by atoms with E-state index in [1.165, 1.54) is 50.2 Å². The van der Waals surface area contributed by atoms with E-state index >= 15 is 0 Å². The van der Waals surface area contributed by atoms with Gasteiger partial charge >= 0.3 is 0 Å². The molecule has 0 heterocycles. The lowest BCUT2D eigenvalue weighted by atomic mass is 9.91. The van der Waals surface area contributed by atoms with Crippen LogP contribution in [0.1, 0.15) is 68.5 Å². The molecule has 0 saturated carbocycles. The van der Waals surface area contributed by atoms with Crippen molar-refractivity contribution >= 4 is 33.9 Å². The van der Waals surface area contributed by atoms with Crippen molar-refractivity contribution in [2.45, 2.75) is 68.2 Å². The quantitative estimate of drug-likeness (QED) is 0.134. The van der Waals surface area contributed by atoms with Crippen molar-refractivity contribution in [3.05, 3.63) is 249 Å². The van der Waals surface area contributed by atoms with Gasteiger partial charge < -0.3 is 20.0 Å². The molecule has 338 valence electrons. The van der Waals surface area contributed by atoms with E-state index in [1.807, 2.05) is 39.0 Å². The van der Waals surface area contributed by atoms with Crippen molar-refractivity contribution in [2.75, 3.05) is 9.80 Å². The summed E-state index contributed by atoms with van der Waals surface area (Å²) in [5.74, 6) is 0.361. The van der Waals surface area contributed by atoms with E-state index in [2.05, 4.69) is 208 Å². The minimum Gasteiger partial charge on any atom is -0.507 e. The smallest absolute Gasteiger partial charge is 0.143 e. The highest BCUT2D eigenvalue weighted by molar-refractivity contribution is 5.85. The Bertz CT molecular complexity index is 3160. The van der Waals surface area contributed by atoms with E-state index in [9.17, 15) is 10.2 Å². The van der Waals surface area contributed by atoms with Crippen LogP contribution in [0.4, 0.5) is 22.7 Å². The second-order valence-corrected chi connectivity index (χ2v) is 18.2. The standard InChI is InChI=1S/C64H60N2O2/c1-41-42(2)44(4)61(45(5)43(41)3)65(59-37-31-55(32-38-59)49-17-11-9-12-18-49)57-23-15-21-51(29-35-57)53-25-27-54(28-26-53)52-22-16-24-58(36-30-52)66(62-48(8)63(67)46(6)47(7)64(62)68)60-39-33-56(34-40-60)50-19-13-10-14-20-50/h9-14,16-23,25-40,67-68H,15,24H2,1-8H3. The maximum Gasteiger partial charge on any atom is 0.143 e. The van der Waals surface area contributed by atoms with Gasteiger partial charge in [0.2, 0.25) is 0 Å². The molecule has 4 heteroatoms. The topological polar surface area (TPSA) is 46.9 Å². The van der Waals surface area contributed by atoms with Crippen molar-refractivity contribution in [1.29, 1.82) is 0 Å². The maximum atomic E-state index is 11.7. The molecule has 7 aromatic rings. The Balaban J connectivity index is 1.02. The van der Waals surface area contributed by atoms with Crippen molar-refractivity contribution in [1.82, 2.24) is 0 Å². The van der Waals surface area contributed by atoms with E-state index in [-0.39, 0.29) is 11.5 Å². The highest BCUT2D eigenvalue weighted by Crippen LogP contribution is 2.48. The number of hydrogen-bond acceptors (Lipinski definition) is 4. The van der Waals surface area contributed by atoms with Gasteiger partial charge in [0.05, 0.1) is 11.4 Å². The summed E-state index contributed by atoms with van der Waals surface area (Å²) >= 11 is 0. The molecule has 2 aliphatic carbocycles. The van der Waals surface area contributed by atoms with Gasteiger partial charge in [0.15, 0.2) is 0 Å². The second kappa shape index (κ2) is 19.2. The van der Waals surface area contributed by atoms with E-state index < -0.39 is 0 Å². The molecule has 0 unspecified atom stereocenters. The maximum absolute atomic E-state index is 11.7. The Hall–Kier alpha value is -7.82. The van der Waals surface area contributed by atoms with Crippen LogP contribution in [0.5, 0.6) is 11.5 Å². The summed E-state index contributed by atoms with van der Waals surface area (Å²) < 4.78 is 0. The molecule has 0 fully saturated rings. The fourth-order valence-corrected chi connectivity index (χ4v) is 9.73. The van der Waals surface area contributed by atoms with Gasteiger partial charge in [0.1, 0.15) is 11.5 Å². The van der Waals surface area contributed by atoms with E-state index in [4.69, 9.17) is 0 Å². The largest absolute Gasteiger partial charge is 0.507 e. The summed E-state index contributed by atoms with van der Waals surface area (Å²) in [7, 11) is 0. The van der Waals surface area contributed by atoms with E-state index in [0.717, 1.165) is 57.0 Å². The number of phenolic OH excluding ortho intramolecular Hbond substituents is 2. The van der Waals surface area contributed by atoms with Crippen LogP contribution in [0.3, 0.4) is 0 Å². The molecule has 0 radical (unpaired) electrons. The Morgan fingerprint density at radius 2 is 0.838 bits per heavy atom.